The molecule has 10 nitrogen and oxygen atoms in total. The molecule has 0 radical (unpaired) electrons. The Morgan fingerprint density at radius 2 is 2.00 bits per heavy atom. The second-order valence-corrected chi connectivity index (χ2v) is 5.13. The van der Waals surface area contributed by atoms with Crippen molar-refractivity contribution in [3.05, 3.63) is 22.7 Å². The van der Waals surface area contributed by atoms with Crippen LogP contribution in [0.15, 0.2) is 22.1 Å². The maximum absolute atomic E-state index is 11.8. The van der Waals surface area contributed by atoms with Crippen molar-refractivity contribution < 1.29 is 4.79 Å². The third-order valence-electron chi connectivity index (χ3n) is 3.13. The molecular formula is C13H24N8O2. The van der Waals surface area contributed by atoms with Crippen LogP contribution in [0.25, 0.3) is 0 Å². The number of anilines is 1. The van der Waals surface area contributed by atoms with E-state index < -0.39 is 11.7 Å². The summed E-state index contributed by atoms with van der Waals surface area (Å²) in [6, 6.07) is 0.784. The summed E-state index contributed by atoms with van der Waals surface area (Å²) in [5.74, 6) is 0.218. The number of carbonyl (C=O) groups is 1. The van der Waals surface area contributed by atoms with E-state index in [2.05, 4.69) is 15.3 Å². The van der Waals surface area contributed by atoms with Crippen molar-refractivity contribution >= 4 is 17.8 Å². The van der Waals surface area contributed by atoms with Crippen LogP contribution in [0, 0.1) is 0 Å². The van der Waals surface area contributed by atoms with Gasteiger partial charge < -0.3 is 22.9 Å². The first-order valence-electron chi connectivity index (χ1n) is 7.33. The third kappa shape index (κ3) is 7.81. The highest BCUT2D eigenvalue weighted by Crippen LogP contribution is 2.04. The van der Waals surface area contributed by atoms with Gasteiger partial charge in [0.15, 0.2) is 5.96 Å². The summed E-state index contributed by atoms with van der Waals surface area (Å²) in [5, 5.41) is 2.25. The number of nitrogens with two attached hydrogens (primary N) is 4. The lowest BCUT2D eigenvalue weighted by atomic mass is 10.1. The van der Waals surface area contributed by atoms with E-state index in [1.54, 1.807) is 6.20 Å². The number of hydrogen-bond acceptors (Lipinski definition) is 5. The Labute approximate surface area is 133 Å². The van der Waals surface area contributed by atoms with E-state index in [9.17, 15) is 9.59 Å². The highest BCUT2D eigenvalue weighted by Gasteiger charge is 2.05. The lowest BCUT2D eigenvalue weighted by Gasteiger charge is -2.11. The van der Waals surface area contributed by atoms with Gasteiger partial charge in [0, 0.05) is 25.3 Å². The average molecular weight is 324 g/mol. The van der Waals surface area contributed by atoms with Gasteiger partial charge in [-0.25, -0.2) is 9.59 Å². The highest BCUT2D eigenvalue weighted by atomic mass is 16.2. The van der Waals surface area contributed by atoms with Gasteiger partial charge in [-0.3, -0.25) is 14.9 Å². The minimum atomic E-state index is -0.763. The van der Waals surface area contributed by atoms with Gasteiger partial charge in [-0.05, 0) is 31.7 Å². The van der Waals surface area contributed by atoms with Gasteiger partial charge in [0.25, 0.3) is 0 Å². The van der Waals surface area contributed by atoms with Crippen molar-refractivity contribution in [2.75, 3.05) is 11.9 Å². The zero-order chi connectivity index (χ0) is 17.2. The van der Waals surface area contributed by atoms with Crippen LogP contribution in [0.5, 0.6) is 0 Å². The lowest BCUT2D eigenvalue weighted by Crippen LogP contribution is -2.27. The number of guanidine groups is 1. The number of primary amides is 1. The maximum atomic E-state index is 11.8. The largest absolute Gasteiger partial charge is 0.370 e. The van der Waals surface area contributed by atoms with Gasteiger partial charge in [0.05, 0.1) is 0 Å². The summed E-state index contributed by atoms with van der Waals surface area (Å²) in [6.07, 6.45) is 4.70. The Morgan fingerprint density at radius 3 is 2.61 bits per heavy atom. The number of nitrogens with one attached hydrogen (secondary N) is 1. The molecule has 10 heteroatoms. The monoisotopic (exact) mass is 324 g/mol. The predicted molar refractivity (Wildman–Crippen MR) is 88.8 cm³/mol. The summed E-state index contributed by atoms with van der Waals surface area (Å²) in [6.45, 7) is 1.07. The van der Waals surface area contributed by atoms with Crippen LogP contribution in [-0.4, -0.2) is 34.1 Å². The molecule has 0 aliphatic carbocycles. The second-order valence-electron chi connectivity index (χ2n) is 5.13. The summed E-state index contributed by atoms with van der Waals surface area (Å²) >= 11 is 0. The van der Waals surface area contributed by atoms with Crippen LogP contribution >= 0.6 is 0 Å². The zero-order valence-electron chi connectivity index (χ0n) is 12.9. The Hall–Kier alpha value is -2.62. The Balaban J connectivity index is 2.33. The van der Waals surface area contributed by atoms with E-state index >= 15 is 0 Å². The summed E-state index contributed by atoms with van der Waals surface area (Å²) < 4.78 is 1.46. The smallest absolute Gasteiger partial charge is 0.349 e. The molecule has 1 aromatic rings. The van der Waals surface area contributed by atoms with E-state index in [0.717, 1.165) is 25.7 Å². The third-order valence-corrected chi connectivity index (χ3v) is 3.13. The molecule has 0 spiro atoms. The molecule has 1 aromatic heterocycles. The first-order valence-corrected chi connectivity index (χ1v) is 7.33. The molecule has 0 saturated heterocycles. The number of nitrogens with zero attached hydrogens (tertiary/aromatic N) is 3. The van der Waals surface area contributed by atoms with Gasteiger partial charge in [-0.15, -0.1) is 0 Å². The number of aryl methyl sites for hydroxylation is 1. The molecule has 1 heterocycles. The van der Waals surface area contributed by atoms with Gasteiger partial charge in [-0.1, -0.05) is 0 Å². The molecule has 0 aliphatic heterocycles. The number of carbonyl (C=O) groups excluding carboxylic acids is 1. The highest BCUT2D eigenvalue weighted by molar-refractivity contribution is 5.86. The Bertz CT molecular complexity index is 594. The lowest BCUT2D eigenvalue weighted by molar-refractivity contribution is 0.259. The van der Waals surface area contributed by atoms with Crippen molar-refractivity contribution in [1.29, 1.82) is 0 Å². The first kappa shape index (κ1) is 18.4. The molecule has 2 amide bonds. The molecule has 23 heavy (non-hydrogen) atoms. The molecule has 1 atom stereocenters. The van der Waals surface area contributed by atoms with Crippen molar-refractivity contribution in [3.63, 3.8) is 0 Å². The molecule has 0 bridgehead atoms. The molecule has 128 valence electrons. The van der Waals surface area contributed by atoms with Gasteiger partial charge in [0.1, 0.15) is 5.82 Å². The van der Waals surface area contributed by atoms with Crippen LogP contribution in [0.2, 0.25) is 0 Å². The van der Waals surface area contributed by atoms with E-state index in [0.29, 0.717) is 13.1 Å². The van der Waals surface area contributed by atoms with Gasteiger partial charge in [-0.2, -0.15) is 4.98 Å². The topological polar surface area (TPSA) is 180 Å². The molecule has 0 unspecified atom stereocenters. The number of urea groups is 1. The Kier molecular flexibility index (Phi) is 7.54. The van der Waals surface area contributed by atoms with E-state index in [1.807, 2.05) is 0 Å². The van der Waals surface area contributed by atoms with E-state index in [1.165, 1.54) is 10.6 Å². The standard InChI is InChI=1S/C13H24N8O2/c14-9(3-1-6-18-11(15)16)4-2-7-21-8-5-10(19-12(17)22)20-13(21)23/h5,8-9H,1-4,6-7,14H2,(H4,15,16,18)(H3,17,19,20,22,23)/t9-/m0/s1. The molecule has 0 saturated carbocycles. The maximum Gasteiger partial charge on any atom is 0.349 e. The normalized spacial score (nSPS) is 11.7. The zero-order valence-corrected chi connectivity index (χ0v) is 12.9. The molecule has 9 N–H and O–H groups in total. The minimum absolute atomic E-state index is 0.0312. The molecule has 0 aromatic carbocycles. The molecule has 1 rings (SSSR count). The van der Waals surface area contributed by atoms with Crippen molar-refractivity contribution in [3.8, 4) is 0 Å². The SMILES string of the molecule is NC(=O)Nc1ccn(CCC[C@@H](N)CCCN=C(N)N)c(=O)n1. The number of rotatable bonds is 9. The van der Waals surface area contributed by atoms with Crippen molar-refractivity contribution in [2.45, 2.75) is 38.3 Å². The fourth-order valence-electron chi connectivity index (χ4n) is 2.02. The summed E-state index contributed by atoms with van der Waals surface area (Å²) in [7, 11) is 0. The summed E-state index contributed by atoms with van der Waals surface area (Å²) in [5.41, 5.74) is 21.0. The number of aromatic nitrogens is 2. The Morgan fingerprint density at radius 1 is 1.30 bits per heavy atom. The van der Waals surface area contributed by atoms with Crippen LogP contribution < -0.4 is 33.9 Å². The van der Waals surface area contributed by atoms with Crippen molar-refractivity contribution in [2.24, 2.45) is 27.9 Å². The van der Waals surface area contributed by atoms with Crippen LogP contribution in [0.1, 0.15) is 25.7 Å². The first-order chi connectivity index (χ1) is 10.9. The van der Waals surface area contributed by atoms with E-state index in [-0.39, 0.29) is 17.8 Å². The molecular weight excluding hydrogens is 300 g/mol. The second kappa shape index (κ2) is 9.41. The van der Waals surface area contributed by atoms with Gasteiger partial charge >= 0.3 is 11.7 Å². The van der Waals surface area contributed by atoms with Crippen LogP contribution in [-0.2, 0) is 6.54 Å². The minimum Gasteiger partial charge on any atom is -0.370 e. The fraction of sp³-hybridized carbons (Fsp3) is 0.538. The van der Waals surface area contributed by atoms with Crippen molar-refractivity contribution in [1.82, 2.24) is 9.55 Å². The number of hydrogen-bond donors (Lipinski definition) is 5. The fourth-order valence-corrected chi connectivity index (χ4v) is 2.02. The quantitative estimate of drug-likeness (QED) is 0.218. The summed E-state index contributed by atoms with van der Waals surface area (Å²) in [4.78, 5) is 30.0. The predicted octanol–water partition coefficient (Wildman–Crippen LogP) is -1.10. The number of aliphatic imine (C=N–C) groups is 1. The van der Waals surface area contributed by atoms with Gasteiger partial charge in [0.2, 0.25) is 0 Å². The van der Waals surface area contributed by atoms with E-state index in [4.69, 9.17) is 22.9 Å². The number of amides is 2. The molecule has 0 aliphatic rings. The van der Waals surface area contributed by atoms with Crippen LogP contribution in [0.4, 0.5) is 10.6 Å². The average Bonchev–Trinajstić information content (AvgIpc) is 2.45. The molecule has 0 fully saturated rings. The van der Waals surface area contributed by atoms with Crippen LogP contribution in [0.3, 0.4) is 0 Å².